The quantitative estimate of drug-likeness (QED) is 0.462. The van der Waals surface area contributed by atoms with Crippen LogP contribution in [0.5, 0.6) is 0 Å². The first-order valence-corrected chi connectivity index (χ1v) is 10.8. The first-order valence-electron chi connectivity index (χ1n) is 10.8. The van der Waals surface area contributed by atoms with Gasteiger partial charge in [0.15, 0.2) is 11.5 Å². The molecule has 0 unspecified atom stereocenters. The minimum Gasteiger partial charge on any atom is -0.384 e. The number of morpholine rings is 1. The standard InChI is InChI=1S/C23H27N7O2/c1-15-20(3-6-31-2)27-23(26-15)21-19-10-18(13-25-22(19)29-28-21)17-9-16(11-24-12-17)14-30-4-7-32-8-5-30/h9-13H,3-8,14H2,1-2H3,(H,26,27)(H,25,28,29). The molecular weight excluding hydrogens is 406 g/mol. The molecule has 32 heavy (non-hydrogen) atoms. The Kier molecular flexibility index (Phi) is 5.93. The number of nitrogens with one attached hydrogen (secondary N) is 2. The van der Waals surface area contributed by atoms with Crippen LogP contribution in [0.15, 0.2) is 30.7 Å². The van der Waals surface area contributed by atoms with Crippen LogP contribution in [-0.2, 0) is 22.4 Å². The van der Waals surface area contributed by atoms with Gasteiger partial charge in [0.1, 0.15) is 5.69 Å². The Balaban J connectivity index is 1.45. The number of rotatable bonds is 7. The summed E-state index contributed by atoms with van der Waals surface area (Å²) in [7, 11) is 1.70. The summed E-state index contributed by atoms with van der Waals surface area (Å²) in [4.78, 5) is 19.6. The maximum Gasteiger partial charge on any atom is 0.181 e. The molecule has 0 radical (unpaired) electrons. The lowest BCUT2D eigenvalue weighted by molar-refractivity contribution is 0.0341. The molecule has 1 aliphatic rings. The van der Waals surface area contributed by atoms with Crippen LogP contribution in [0.3, 0.4) is 0 Å². The predicted octanol–water partition coefficient (Wildman–Crippen LogP) is 2.74. The first kappa shape index (κ1) is 20.7. The number of hydrogen-bond acceptors (Lipinski definition) is 7. The molecule has 5 rings (SSSR count). The van der Waals surface area contributed by atoms with Crippen molar-refractivity contribution in [3.05, 3.63) is 47.7 Å². The summed E-state index contributed by atoms with van der Waals surface area (Å²) in [6, 6.07) is 4.29. The van der Waals surface area contributed by atoms with Gasteiger partial charge in [-0.3, -0.25) is 15.0 Å². The van der Waals surface area contributed by atoms with E-state index in [4.69, 9.17) is 14.5 Å². The summed E-state index contributed by atoms with van der Waals surface area (Å²) in [5.74, 6) is 0.759. The highest BCUT2D eigenvalue weighted by molar-refractivity contribution is 5.91. The lowest BCUT2D eigenvalue weighted by atomic mass is 10.1. The summed E-state index contributed by atoms with van der Waals surface area (Å²) in [6.45, 7) is 7.00. The minimum absolute atomic E-state index is 0.633. The number of aromatic amines is 2. The maximum absolute atomic E-state index is 5.45. The summed E-state index contributed by atoms with van der Waals surface area (Å²) >= 11 is 0. The van der Waals surface area contributed by atoms with E-state index >= 15 is 0 Å². The normalized spacial score (nSPS) is 14.9. The second-order valence-electron chi connectivity index (χ2n) is 8.06. The number of H-pyrrole nitrogens is 2. The molecule has 4 aromatic heterocycles. The molecule has 1 aliphatic heterocycles. The molecule has 0 saturated carbocycles. The van der Waals surface area contributed by atoms with E-state index in [-0.39, 0.29) is 0 Å². The van der Waals surface area contributed by atoms with E-state index in [9.17, 15) is 0 Å². The summed E-state index contributed by atoms with van der Waals surface area (Å²) < 4.78 is 10.6. The molecule has 0 bridgehead atoms. The minimum atomic E-state index is 0.633. The average molecular weight is 434 g/mol. The van der Waals surface area contributed by atoms with Crippen molar-refractivity contribution in [1.82, 2.24) is 35.0 Å². The topological polar surface area (TPSA) is 105 Å². The van der Waals surface area contributed by atoms with Gasteiger partial charge in [-0.25, -0.2) is 9.97 Å². The molecule has 0 aromatic carbocycles. The van der Waals surface area contributed by atoms with Crippen molar-refractivity contribution in [1.29, 1.82) is 0 Å². The fraction of sp³-hybridized carbons (Fsp3) is 0.391. The SMILES string of the molecule is COCCc1nc(-c2[nH]nc3ncc(-c4cncc(CN5CCOCC5)c4)cc23)[nH]c1C. The van der Waals surface area contributed by atoms with Gasteiger partial charge >= 0.3 is 0 Å². The van der Waals surface area contributed by atoms with E-state index in [1.165, 1.54) is 5.56 Å². The van der Waals surface area contributed by atoms with Crippen LogP contribution in [-0.4, -0.2) is 75.1 Å². The third-order valence-electron chi connectivity index (χ3n) is 5.81. The molecule has 1 saturated heterocycles. The predicted molar refractivity (Wildman–Crippen MR) is 121 cm³/mol. The zero-order valence-corrected chi connectivity index (χ0v) is 18.4. The van der Waals surface area contributed by atoms with Gasteiger partial charge in [-0.2, -0.15) is 5.10 Å². The lowest BCUT2D eigenvalue weighted by Gasteiger charge is -2.26. The van der Waals surface area contributed by atoms with Crippen molar-refractivity contribution >= 4 is 11.0 Å². The second kappa shape index (κ2) is 9.15. The Morgan fingerprint density at radius 1 is 1.12 bits per heavy atom. The maximum atomic E-state index is 5.45. The van der Waals surface area contributed by atoms with Gasteiger partial charge in [-0.1, -0.05) is 0 Å². The molecule has 9 nitrogen and oxygen atoms in total. The molecule has 0 spiro atoms. The number of methoxy groups -OCH3 is 1. The van der Waals surface area contributed by atoms with Crippen LogP contribution in [0.25, 0.3) is 33.7 Å². The summed E-state index contributed by atoms with van der Waals surface area (Å²) in [6.07, 6.45) is 6.42. The Hall–Kier alpha value is -3.14. The van der Waals surface area contributed by atoms with Gasteiger partial charge in [-0.05, 0) is 24.6 Å². The fourth-order valence-electron chi connectivity index (χ4n) is 4.04. The Bertz CT molecular complexity index is 1210. The lowest BCUT2D eigenvalue weighted by Crippen LogP contribution is -2.35. The molecule has 0 atom stereocenters. The molecular formula is C23H27N7O2. The van der Waals surface area contributed by atoms with E-state index < -0.39 is 0 Å². The highest BCUT2D eigenvalue weighted by Gasteiger charge is 2.16. The van der Waals surface area contributed by atoms with Crippen molar-refractivity contribution in [2.24, 2.45) is 0 Å². The number of nitrogens with zero attached hydrogens (tertiary/aromatic N) is 5. The molecule has 4 aromatic rings. The molecule has 1 fully saturated rings. The van der Waals surface area contributed by atoms with Crippen molar-refractivity contribution in [2.75, 3.05) is 40.0 Å². The number of aromatic nitrogens is 6. The van der Waals surface area contributed by atoms with E-state index in [2.05, 4.69) is 42.2 Å². The Morgan fingerprint density at radius 2 is 1.97 bits per heavy atom. The van der Waals surface area contributed by atoms with Crippen LogP contribution in [0.2, 0.25) is 0 Å². The van der Waals surface area contributed by atoms with E-state index in [1.807, 2.05) is 25.5 Å². The highest BCUT2D eigenvalue weighted by Crippen LogP contribution is 2.28. The second-order valence-corrected chi connectivity index (χ2v) is 8.06. The van der Waals surface area contributed by atoms with E-state index in [0.29, 0.717) is 12.3 Å². The van der Waals surface area contributed by atoms with Crippen LogP contribution >= 0.6 is 0 Å². The highest BCUT2D eigenvalue weighted by atomic mass is 16.5. The largest absolute Gasteiger partial charge is 0.384 e. The first-order chi connectivity index (χ1) is 15.7. The van der Waals surface area contributed by atoms with Crippen molar-refractivity contribution in [3.8, 4) is 22.6 Å². The number of aryl methyl sites for hydroxylation is 1. The molecule has 0 aliphatic carbocycles. The number of imidazole rings is 1. The molecule has 2 N–H and O–H groups in total. The van der Waals surface area contributed by atoms with Crippen LogP contribution in [0, 0.1) is 6.92 Å². The van der Waals surface area contributed by atoms with Gasteiger partial charge in [0.25, 0.3) is 0 Å². The van der Waals surface area contributed by atoms with Gasteiger partial charge in [-0.15, -0.1) is 0 Å². The van der Waals surface area contributed by atoms with E-state index in [1.54, 1.807) is 7.11 Å². The third kappa shape index (κ3) is 4.27. The summed E-state index contributed by atoms with van der Waals surface area (Å²) in [5, 5.41) is 8.39. The van der Waals surface area contributed by atoms with Crippen LogP contribution in [0.1, 0.15) is 17.0 Å². The van der Waals surface area contributed by atoms with E-state index in [0.717, 1.165) is 78.7 Å². The van der Waals surface area contributed by atoms with Crippen molar-refractivity contribution in [2.45, 2.75) is 19.9 Å². The monoisotopic (exact) mass is 433 g/mol. The van der Waals surface area contributed by atoms with Gasteiger partial charge < -0.3 is 14.5 Å². The number of ether oxygens (including phenoxy) is 2. The Morgan fingerprint density at radius 3 is 2.81 bits per heavy atom. The van der Waals surface area contributed by atoms with Crippen molar-refractivity contribution in [3.63, 3.8) is 0 Å². The molecule has 9 heteroatoms. The Labute approximate surface area is 186 Å². The zero-order valence-electron chi connectivity index (χ0n) is 18.4. The number of hydrogen-bond donors (Lipinski definition) is 2. The fourth-order valence-corrected chi connectivity index (χ4v) is 4.04. The van der Waals surface area contributed by atoms with Crippen molar-refractivity contribution < 1.29 is 9.47 Å². The van der Waals surface area contributed by atoms with Gasteiger partial charge in [0, 0.05) is 68.6 Å². The summed E-state index contributed by atoms with van der Waals surface area (Å²) in [5.41, 5.74) is 6.74. The number of pyridine rings is 2. The smallest absolute Gasteiger partial charge is 0.181 e. The number of fused-ring (bicyclic) bond motifs is 1. The van der Waals surface area contributed by atoms with Gasteiger partial charge in [0.2, 0.25) is 0 Å². The molecule has 166 valence electrons. The van der Waals surface area contributed by atoms with Gasteiger partial charge in [0.05, 0.1) is 30.9 Å². The third-order valence-corrected chi connectivity index (χ3v) is 5.81. The van der Waals surface area contributed by atoms with Crippen LogP contribution in [0.4, 0.5) is 0 Å². The van der Waals surface area contributed by atoms with Crippen LogP contribution < -0.4 is 0 Å². The molecule has 5 heterocycles. The molecule has 0 amide bonds. The average Bonchev–Trinajstić information content (AvgIpc) is 3.41. The zero-order chi connectivity index (χ0) is 21.9.